The third-order valence-electron chi connectivity index (χ3n) is 5.53. The number of fused-ring (bicyclic) bond motifs is 1. The molecule has 2 aromatic rings. The third-order valence-corrected chi connectivity index (χ3v) is 5.53. The van der Waals surface area contributed by atoms with Crippen molar-refractivity contribution in [1.29, 1.82) is 0 Å². The summed E-state index contributed by atoms with van der Waals surface area (Å²) in [6, 6.07) is 8.90. The van der Waals surface area contributed by atoms with Gasteiger partial charge in [0, 0.05) is 19.3 Å². The predicted octanol–water partition coefficient (Wildman–Crippen LogP) is 4.70. The minimum absolute atomic E-state index is 0.319. The van der Waals surface area contributed by atoms with Gasteiger partial charge in [-0.2, -0.15) is 10.2 Å². The second-order valence-electron chi connectivity index (χ2n) is 8.61. The Morgan fingerprint density at radius 1 is 1.23 bits per heavy atom. The number of carbonyl (C=O) groups excluding carboxylic acids is 2. The fraction of sp³-hybridized carbons (Fsp3) is 0.423. The lowest BCUT2D eigenvalue weighted by Crippen LogP contribution is -2.36. The van der Waals surface area contributed by atoms with Crippen LogP contribution < -0.4 is 10.1 Å². The molecular formula is C26H33N5O4. The van der Waals surface area contributed by atoms with Gasteiger partial charge in [0.1, 0.15) is 11.6 Å². The molecule has 1 aromatic heterocycles. The highest BCUT2D eigenvalue weighted by atomic mass is 16.6. The number of benzene rings is 1. The number of ether oxygens (including phenoxy) is 2. The van der Waals surface area contributed by atoms with E-state index >= 15 is 0 Å². The Balaban J connectivity index is 1.71. The summed E-state index contributed by atoms with van der Waals surface area (Å²) in [6.45, 7) is 7.36. The van der Waals surface area contributed by atoms with Crippen LogP contribution in [0.1, 0.15) is 60.8 Å². The molecule has 0 aliphatic carbocycles. The number of aromatic nitrogens is 1. The normalized spacial score (nSPS) is 13.3. The molecule has 2 amide bonds. The summed E-state index contributed by atoms with van der Waals surface area (Å²) < 4.78 is 10.6. The molecule has 1 N–H and O–H groups in total. The van der Waals surface area contributed by atoms with Gasteiger partial charge in [-0.3, -0.25) is 4.79 Å². The average molecular weight is 480 g/mol. The van der Waals surface area contributed by atoms with Crippen molar-refractivity contribution >= 4 is 30.2 Å². The molecule has 0 saturated heterocycles. The standard InChI is InChI=1S/C26H33N5O4/c1-5-35-26(33)31-13-11-19-15-23(34-4)22(14-20(19)17-31)25(32)30-24-10-6-9-21(29-24)16-28-27-12-7-8-18(2)3/h6,9-10,12,14-16,18H,5,7-8,11,13,17H2,1-4H3,(H,29,30,32). The van der Waals surface area contributed by atoms with Crippen molar-refractivity contribution in [3.63, 3.8) is 0 Å². The van der Waals surface area contributed by atoms with Crippen molar-refractivity contribution in [3.05, 3.63) is 52.7 Å². The predicted molar refractivity (Wildman–Crippen MR) is 136 cm³/mol. The van der Waals surface area contributed by atoms with E-state index in [0.717, 1.165) is 24.0 Å². The van der Waals surface area contributed by atoms with Crippen LogP contribution in [0.2, 0.25) is 0 Å². The van der Waals surface area contributed by atoms with Crippen LogP contribution in [0.3, 0.4) is 0 Å². The molecule has 1 aromatic carbocycles. The molecule has 1 aliphatic rings. The number of hydrogen-bond acceptors (Lipinski definition) is 7. The summed E-state index contributed by atoms with van der Waals surface area (Å²) >= 11 is 0. The van der Waals surface area contributed by atoms with Gasteiger partial charge in [-0.1, -0.05) is 19.9 Å². The molecule has 0 fully saturated rings. The van der Waals surface area contributed by atoms with Crippen molar-refractivity contribution in [2.45, 2.75) is 46.6 Å². The zero-order valence-corrected chi connectivity index (χ0v) is 20.8. The monoisotopic (exact) mass is 479 g/mol. The number of nitrogens with zero attached hydrogens (tertiary/aromatic N) is 4. The Morgan fingerprint density at radius 2 is 2.06 bits per heavy atom. The van der Waals surface area contributed by atoms with Gasteiger partial charge >= 0.3 is 6.09 Å². The first-order valence-corrected chi connectivity index (χ1v) is 11.9. The molecule has 9 nitrogen and oxygen atoms in total. The van der Waals surface area contributed by atoms with Crippen LogP contribution in [0.5, 0.6) is 5.75 Å². The van der Waals surface area contributed by atoms with Gasteiger partial charge in [0.05, 0.1) is 31.2 Å². The minimum atomic E-state index is -0.355. The van der Waals surface area contributed by atoms with E-state index < -0.39 is 0 Å². The first-order valence-electron chi connectivity index (χ1n) is 11.9. The first kappa shape index (κ1) is 25.9. The van der Waals surface area contributed by atoms with E-state index in [9.17, 15) is 9.59 Å². The Bertz CT molecular complexity index is 1100. The summed E-state index contributed by atoms with van der Waals surface area (Å²) in [4.78, 5) is 31.3. The zero-order valence-electron chi connectivity index (χ0n) is 20.8. The molecule has 1 aliphatic heterocycles. The summed E-state index contributed by atoms with van der Waals surface area (Å²) in [5.41, 5.74) is 2.88. The third kappa shape index (κ3) is 7.37. The molecule has 0 radical (unpaired) electrons. The quantitative estimate of drug-likeness (QED) is 0.415. The molecule has 186 valence electrons. The summed E-state index contributed by atoms with van der Waals surface area (Å²) in [7, 11) is 1.53. The van der Waals surface area contributed by atoms with Crippen LogP contribution in [0.4, 0.5) is 10.6 Å². The Kier molecular flexibility index (Phi) is 9.34. The van der Waals surface area contributed by atoms with Gasteiger partial charge in [-0.05, 0) is 67.5 Å². The first-order chi connectivity index (χ1) is 16.9. The molecular weight excluding hydrogens is 446 g/mol. The van der Waals surface area contributed by atoms with Crippen molar-refractivity contribution < 1.29 is 19.1 Å². The van der Waals surface area contributed by atoms with Crippen LogP contribution in [0.25, 0.3) is 0 Å². The fourth-order valence-electron chi connectivity index (χ4n) is 3.69. The maximum atomic E-state index is 13.1. The zero-order chi connectivity index (χ0) is 25.2. The Labute approximate surface area is 206 Å². The average Bonchev–Trinajstić information content (AvgIpc) is 2.85. The van der Waals surface area contributed by atoms with Gasteiger partial charge in [0.15, 0.2) is 0 Å². The minimum Gasteiger partial charge on any atom is -0.496 e. The van der Waals surface area contributed by atoms with Gasteiger partial charge < -0.3 is 19.7 Å². The number of hydrogen-bond donors (Lipinski definition) is 1. The van der Waals surface area contributed by atoms with Crippen LogP contribution in [-0.2, 0) is 17.7 Å². The van der Waals surface area contributed by atoms with Gasteiger partial charge in [-0.25, -0.2) is 9.78 Å². The van der Waals surface area contributed by atoms with Crippen molar-refractivity contribution in [3.8, 4) is 5.75 Å². The number of nitrogens with one attached hydrogen (secondary N) is 1. The number of amides is 2. The van der Waals surface area contributed by atoms with E-state index in [4.69, 9.17) is 9.47 Å². The van der Waals surface area contributed by atoms with Crippen LogP contribution in [0.15, 0.2) is 40.5 Å². The van der Waals surface area contributed by atoms with Gasteiger partial charge in [0.25, 0.3) is 5.91 Å². The summed E-state index contributed by atoms with van der Waals surface area (Å²) in [6.07, 6.45) is 5.57. The highest BCUT2D eigenvalue weighted by Gasteiger charge is 2.25. The topological polar surface area (TPSA) is 105 Å². The van der Waals surface area contributed by atoms with E-state index in [1.807, 2.05) is 6.07 Å². The Morgan fingerprint density at radius 3 is 2.80 bits per heavy atom. The number of carbonyl (C=O) groups is 2. The van der Waals surface area contributed by atoms with E-state index in [1.165, 1.54) is 7.11 Å². The molecule has 0 bridgehead atoms. The second kappa shape index (κ2) is 12.6. The van der Waals surface area contributed by atoms with E-state index in [1.54, 1.807) is 48.5 Å². The van der Waals surface area contributed by atoms with Crippen molar-refractivity contribution in [2.24, 2.45) is 16.1 Å². The summed E-state index contributed by atoms with van der Waals surface area (Å²) in [5.74, 6) is 1.12. The van der Waals surface area contributed by atoms with Crippen molar-refractivity contribution in [1.82, 2.24) is 9.88 Å². The maximum Gasteiger partial charge on any atom is 0.410 e. The smallest absolute Gasteiger partial charge is 0.410 e. The van der Waals surface area contributed by atoms with Crippen LogP contribution in [0, 0.1) is 5.92 Å². The fourth-order valence-corrected chi connectivity index (χ4v) is 3.69. The molecule has 3 rings (SSSR count). The summed E-state index contributed by atoms with van der Waals surface area (Å²) in [5, 5.41) is 10.9. The SMILES string of the molecule is CCOC(=O)N1CCc2cc(OC)c(C(=O)Nc3cccc(C=NN=CCCC(C)C)n3)cc2C1. The molecule has 0 unspecified atom stereocenters. The molecule has 0 saturated carbocycles. The molecule has 9 heteroatoms. The molecule has 0 atom stereocenters. The van der Waals surface area contributed by atoms with Crippen LogP contribution >= 0.6 is 0 Å². The maximum absolute atomic E-state index is 13.1. The molecule has 2 heterocycles. The highest BCUT2D eigenvalue weighted by molar-refractivity contribution is 6.06. The largest absolute Gasteiger partial charge is 0.496 e. The lowest BCUT2D eigenvalue weighted by Gasteiger charge is -2.28. The highest BCUT2D eigenvalue weighted by Crippen LogP contribution is 2.29. The van der Waals surface area contributed by atoms with Gasteiger partial charge in [0.2, 0.25) is 0 Å². The second-order valence-corrected chi connectivity index (χ2v) is 8.61. The van der Waals surface area contributed by atoms with E-state index in [2.05, 4.69) is 34.4 Å². The van der Waals surface area contributed by atoms with E-state index in [-0.39, 0.29) is 12.0 Å². The van der Waals surface area contributed by atoms with Gasteiger partial charge in [-0.15, -0.1) is 0 Å². The number of anilines is 1. The number of pyridine rings is 1. The van der Waals surface area contributed by atoms with E-state index in [0.29, 0.717) is 54.9 Å². The number of methoxy groups -OCH3 is 1. The van der Waals surface area contributed by atoms with Crippen molar-refractivity contribution in [2.75, 3.05) is 25.6 Å². The number of rotatable bonds is 9. The lowest BCUT2D eigenvalue weighted by molar-refractivity contribution is 0.102. The van der Waals surface area contributed by atoms with Crippen LogP contribution in [-0.4, -0.2) is 54.6 Å². The molecule has 35 heavy (non-hydrogen) atoms. The molecule has 0 spiro atoms. The lowest BCUT2D eigenvalue weighted by atomic mass is 9.96. The Hall–Kier alpha value is -3.75.